The molecule has 2 aliphatic rings. The monoisotopic (exact) mass is 471 g/mol. The smallest absolute Gasteiger partial charge is 0.253 e. The number of methoxy groups -OCH3 is 1. The zero-order valence-electron chi connectivity index (χ0n) is 20.3. The summed E-state index contributed by atoms with van der Waals surface area (Å²) in [4.78, 5) is 21.8. The minimum atomic E-state index is 0.130. The van der Waals surface area contributed by atoms with Crippen molar-refractivity contribution < 1.29 is 14.3 Å². The van der Waals surface area contributed by atoms with Gasteiger partial charge in [0.05, 0.1) is 7.11 Å². The van der Waals surface area contributed by atoms with Gasteiger partial charge in [-0.1, -0.05) is 24.3 Å². The van der Waals surface area contributed by atoms with Crippen LogP contribution < -0.4 is 9.47 Å². The summed E-state index contributed by atoms with van der Waals surface area (Å²) < 4.78 is 11.4. The molecule has 35 heavy (non-hydrogen) atoms. The number of hydrogen-bond acceptors (Lipinski definition) is 5. The Morgan fingerprint density at radius 3 is 2.23 bits per heavy atom. The fourth-order valence-electron chi connectivity index (χ4n) is 5.19. The number of nitrogens with zero attached hydrogens (tertiary/aromatic N) is 3. The molecule has 0 aliphatic carbocycles. The van der Waals surface area contributed by atoms with Crippen LogP contribution in [0, 0.1) is 0 Å². The summed E-state index contributed by atoms with van der Waals surface area (Å²) >= 11 is 0. The summed E-state index contributed by atoms with van der Waals surface area (Å²) in [5.41, 5.74) is 2.92. The predicted molar refractivity (Wildman–Crippen MR) is 137 cm³/mol. The standard InChI is InChI=1S/C29H33N3O3/c1-34-28-4-2-3-24(21-28)22-5-7-23(8-6-22)29(33)32-17-11-25(12-18-32)31-19-13-27(14-20-31)35-26-9-15-30-16-10-26/h2-10,15-16,21,25,27H,11-14,17-20H2,1H3. The minimum Gasteiger partial charge on any atom is -0.497 e. The summed E-state index contributed by atoms with van der Waals surface area (Å²) in [5, 5.41) is 0. The Bertz CT molecular complexity index is 1100. The fourth-order valence-corrected chi connectivity index (χ4v) is 5.19. The van der Waals surface area contributed by atoms with Crippen molar-refractivity contribution in [2.45, 2.75) is 37.8 Å². The van der Waals surface area contributed by atoms with Crippen molar-refractivity contribution in [3.05, 3.63) is 78.6 Å². The third-order valence-electron chi connectivity index (χ3n) is 7.23. The number of rotatable bonds is 6. The van der Waals surface area contributed by atoms with Crippen LogP contribution in [0.2, 0.25) is 0 Å². The van der Waals surface area contributed by atoms with E-state index < -0.39 is 0 Å². The molecule has 0 radical (unpaired) electrons. The molecule has 2 fully saturated rings. The second-order valence-corrected chi connectivity index (χ2v) is 9.37. The lowest BCUT2D eigenvalue weighted by Crippen LogP contribution is -2.50. The van der Waals surface area contributed by atoms with E-state index in [0.717, 1.165) is 80.1 Å². The summed E-state index contributed by atoms with van der Waals surface area (Å²) in [6.45, 7) is 3.74. The van der Waals surface area contributed by atoms with Gasteiger partial charge in [0, 0.05) is 50.2 Å². The Labute approximate surface area is 207 Å². The molecule has 0 atom stereocenters. The van der Waals surface area contributed by atoms with Crippen molar-refractivity contribution in [2.24, 2.45) is 0 Å². The highest BCUT2D eigenvalue weighted by Crippen LogP contribution is 2.26. The molecule has 0 unspecified atom stereocenters. The normalized spacial score (nSPS) is 17.8. The van der Waals surface area contributed by atoms with Gasteiger partial charge in [-0.2, -0.15) is 0 Å². The van der Waals surface area contributed by atoms with Crippen LogP contribution >= 0.6 is 0 Å². The first-order chi connectivity index (χ1) is 17.2. The van der Waals surface area contributed by atoms with E-state index in [0.29, 0.717) is 6.04 Å². The Hall–Kier alpha value is -3.38. The van der Waals surface area contributed by atoms with Crippen LogP contribution in [-0.2, 0) is 0 Å². The maximum absolute atomic E-state index is 13.1. The van der Waals surface area contributed by atoms with Gasteiger partial charge >= 0.3 is 0 Å². The van der Waals surface area contributed by atoms with E-state index in [1.54, 1.807) is 19.5 Å². The molecule has 0 saturated carbocycles. The van der Waals surface area contributed by atoms with Gasteiger partial charge in [-0.15, -0.1) is 0 Å². The van der Waals surface area contributed by atoms with Crippen LogP contribution in [0.3, 0.4) is 0 Å². The summed E-state index contributed by atoms with van der Waals surface area (Å²) in [6, 6.07) is 20.3. The average molecular weight is 472 g/mol. The van der Waals surface area contributed by atoms with E-state index in [2.05, 4.69) is 16.0 Å². The quantitative estimate of drug-likeness (QED) is 0.512. The molecular weight excluding hydrogens is 438 g/mol. The van der Waals surface area contributed by atoms with Crippen LogP contribution in [-0.4, -0.2) is 66.1 Å². The van der Waals surface area contributed by atoms with Gasteiger partial charge in [0.15, 0.2) is 0 Å². The summed E-state index contributed by atoms with van der Waals surface area (Å²) in [5.74, 6) is 1.86. The molecule has 2 aliphatic heterocycles. The van der Waals surface area contributed by atoms with Gasteiger partial charge in [0.2, 0.25) is 0 Å². The molecule has 0 N–H and O–H groups in total. The Kier molecular flexibility index (Phi) is 7.28. The van der Waals surface area contributed by atoms with E-state index >= 15 is 0 Å². The van der Waals surface area contributed by atoms with Crippen molar-refractivity contribution in [1.29, 1.82) is 0 Å². The topological polar surface area (TPSA) is 54.9 Å². The Morgan fingerprint density at radius 1 is 0.829 bits per heavy atom. The summed E-state index contributed by atoms with van der Waals surface area (Å²) in [6.07, 6.45) is 7.97. The van der Waals surface area contributed by atoms with Crippen molar-refractivity contribution >= 4 is 5.91 Å². The van der Waals surface area contributed by atoms with Gasteiger partial charge in [-0.05, 0) is 73.2 Å². The van der Waals surface area contributed by atoms with Crippen molar-refractivity contribution in [2.75, 3.05) is 33.3 Å². The lowest BCUT2D eigenvalue weighted by Gasteiger charge is -2.41. The van der Waals surface area contributed by atoms with Gasteiger partial charge < -0.3 is 14.4 Å². The number of aromatic nitrogens is 1. The highest BCUT2D eigenvalue weighted by molar-refractivity contribution is 5.94. The zero-order valence-corrected chi connectivity index (χ0v) is 20.3. The predicted octanol–water partition coefficient (Wildman–Crippen LogP) is 4.91. The minimum absolute atomic E-state index is 0.130. The van der Waals surface area contributed by atoms with Crippen molar-refractivity contribution in [3.8, 4) is 22.6 Å². The highest BCUT2D eigenvalue weighted by atomic mass is 16.5. The molecular formula is C29H33N3O3. The Balaban J connectivity index is 1.10. The number of amides is 1. The molecule has 3 aromatic rings. The van der Waals surface area contributed by atoms with E-state index in [1.165, 1.54) is 0 Å². The SMILES string of the molecule is COc1cccc(-c2ccc(C(=O)N3CCC(N4CCC(Oc5ccncc5)CC4)CC3)cc2)c1. The lowest BCUT2D eigenvalue weighted by atomic mass is 9.98. The average Bonchev–Trinajstić information content (AvgIpc) is 2.94. The molecule has 6 nitrogen and oxygen atoms in total. The first-order valence-electron chi connectivity index (χ1n) is 12.5. The molecule has 182 valence electrons. The number of carbonyl (C=O) groups excluding carboxylic acids is 1. The van der Waals surface area contributed by atoms with Crippen LogP contribution in [0.25, 0.3) is 11.1 Å². The fraction of sp³-hybridized carbons (Fsp3) is 0.379. The van der Waals surface area contributed by atoms with E-state index in [9.17, 15) is 4.79 Å². The summed E-state index contributed by atoms with van der Waals surface area (Å²) in [7, 11) is 1.67. The number of hydrogen-bond donors (Lipinski definition) is 0. The number of carbonyl (C=O) groups is 1. The van der Waals surface area contributed by atoms with E-state index in [1.807, 2.05) is 59.5 Å². The number of likely N-dealkylation sites (tertiary alicyclic amines) is 2. The van der Waals surface area contributed by atoms with E-state index in [4.69, 9.17) is 9.47 Å². The molecule has 0 bridgehead atoms. The van der Waals surface area contributed by atoms with E-state index in [-0.39, 0.29) is 12.0 Å². The molecule has 3 heterocycles. The maximum atomic E-state index is 13.1. The van der Waals surface area contributed by atoms with Gasteiger partial charge in [0.1, 0.15) is 17.6 Å². The molecule has 6 heteroatoms. The van der Waals surface area contributed by atoms with Crippen molar-refractivity contribution in [3.63, 3.8) is 0 Å². The first kappa shape index (κ1) is 23.4. The molecule has 5 rings (SSSR count). The molecule has 1 aromatic heterocycles. The van der Waals surface area contributed by atoms with Gasteiger partial charge in [-0.25, -0.2) is 0 Å². The number of benzene rings is 2. The number of piperidine rings is 2. The largest absolute Gasteiger partial charge is 0.497 e. The van der Waals surface area contributed by atoms with Crippen LogP contribution in [0.15, 0.2) is 73.1 Å². The van der Waals surface area contributed by atoms with Crippen LogP contribution in [0.5, 0.6) is 11.5 Å². The third kappa shape index (κ3) is 5.65. The lowest BCUT2D eigenvalue weighted by molar-refractivity contribution is 0.0425. The second-order valence-electron chi connectivity index (χ2n) is 9.37. The van der Waals surface area contributed by atoms with Gasteiger partial charge in [-0.3, -0.25) is 14.7 Å². The van der Waals surface area contributed by atoms with Crippen LogP contribution in [0.4, 0.5) is 0 Å². The number of ether oxygens (including phenoxy) is 2. The molecule has 0 spiro atoms. The maximum Gasteiger partial charge on any atom is 0.253 e. The first-order valence-corrected chi connectivity index (χ1v) is 12.5. The molecule has 2 saturated heterocycles. The van der Waals surface area contributed by atoms with Crippen molar-refractivity contribution in [1.82, 2.24) is 14.8 Å². The highest BCUT2D eigenvalue weighted by Gasteiger charge is 2.30. The number of pyridine rings is 1. The Morgan fingerprint density at radius 2 is 1.54 bits per heavy atom. The molecule has 2 aromatic carbocycles. The zero-order chi connectivity index (χ0) is 24.0. The third-order valence-corrected chi connectivity index (χ3v) is 7.23. The van der Waals surface area contributed by atoms with Gasteiger partial charge in [0.25, 0.3) is 5.91 Å². The van der Waals surface area contributed by atoms with Crippen LogP contribution in [0.1, 0.15) is 36.0 Å². The molecule has 1 amide bonds. The second kappa shape index (κ2) is 10.9.